The van der Waals surface area contributed by atoms with Gasteiger partial charge in [0.1, 0.15) is 0 Å². The highest BCUT2D eigenvalue weighted by molar-refractivity contribution is 5.80. The van der Waals surface area contributed by atoms with Gasteiger partial charge in [0.05, 0.1) is 12.0 Å². The van der Waals surface area contributed by atoms with Gasteiger partial charge >= 0.3 is 0 Å². The highest BCUT2D eigenvalue weighted by Crippen LogP contribution is 2.17. The lowest BCUT2D eigenvalue weighted by Crippen LogP contribution is -2.53. The van der Waals surface area contributed by atoms with Crippen molar-refractivity contribution in [3.63, 3.8) is 0 Å². The zero-order valence-corrected chi connectivity index (χ0v) is 13.4. The summed E-state index contributed by atoms with van der Waals surface area (Å²) in [6.45, 7) is 6.13. The van der Waals surface area contributed by atoms with Gasteiger partial charge in [0, 0.05) is 32.8 Å². The Kier molecular flexibility index (Phi) is 5.11. The molecule has 3 rings (SSSR count). The van der Waals surface area contributed by atoms with E-state index in [0.29, 0.717) is 5.91 Å². The Balaban J connectivity index is 1.59. The first-order chi connectivity index (χ1) is 10.7. The molecule has 1 unspecified atom stereocenters. The average Bonchev–Trinajstić information content (AvgIpc) is 2.96. The summed E-state index contributed by atoms with van der Waals surface area (Å²) in [5.41, 5.74) is 2.57. The van der Waals surface area contributed by atoms with Crippen molar-refractivity contribution in [2.75, 3.05) is 32.8 Å². The average molecular weight is 302 g/mol. The van der Waals surface area contributed by atoms with E-state index >= 15 is 0 Å². The van der Waals surface area contributed by atoms with E-state index in [1.165, 1.54) is 11.1 Å². The molecular formula is C18H26N2O2. The third kappa shape index (κ3) is 3.87. The van der Waals surface area contributed by atoms with E-state index in [1.807, 2.05) is 4.90 Å². The second-order valence-corrected chi connectivity index (χ2v) is 6.51. The molecular weight excluding hydrogens is 276 g/mol. The zero-order valence-electron chi connectivity index (χ0n) is 13.4. The van der Waals surface area contributed by atoms with Crippen molar-refractivity contribution in [2.24, 2.45) is 5.92 Å². The van der Waals surface area contributed by atoms with E-state index in [-0.39, 0.29) is 12.0 Å². The number of benzene rings is 1. The number of hydrogen-bond donors (Lipinski definition) is 1. The van der Waals surface area contributed by atoms with E-state index < -0.39 is 0 Å². The van der Waals surface area contributed by atoms with Gasteiger partial charge in [0.25, 0.3) is 0 Å². The van der Waals surface area contributed by atoms with Gasteiger partial charge in [-0.1, -0.05) is 29.8 Å². The molecule has 0 saturated carbocycles. The Morgan fingerprint density at radius 2 is 2.09 bits per heavy atom. The smallest absolute Gasteiger partial charge is 0.228 e. The van der Waals surface area contributed by atoms with Crippen LogP contribution in [0.2, 0.25) is 0 Å². The number of nitrogens with one attached hydrogen (secondary N) is 1. The summed E-state index contributed by atoms with van der Waals surface area (Å²) in [4.78, 5) is 14.6. The normalized spacial score (nSPS) is 21.6. The first-order valence-electron chi connectivity index (χ1n) is 8.39. The van der Waals surface area contributed by atoms with Crippen LogP contribution < -0.4 is 5.32 Å². The van der Waals surface area contributed by atoms with Crippen LogP contribution >= 0.6 is 0 Å². The predicted molar refractivity (Wildman–Crippen MR) is 86.8 cm³/mol. The van der Waals surface area contributed by atoms with Gasteiger partial charge in [0.2, 0.25) is 5.91 Å². The number of nitrogens with zero attached hydrogens (tertiary/aromatic N) is 1. The van der Waals surface area contributed by atoms with E-state index in [0.717, 1.165) is 52.0 Å². The fourth-order valence-corrected chi connectivity index (χ4v) is 3.07. The topological polar surface area (TPSA) is 41.6 Å². The fraction of sp³-hybridized carbons (Fsp3) is 0.611. The van der Waals surface area contributed by atoms with Gasteiger partial charge in [-0.25, -0.2) is 0 Å². The molecule has 22 heavy (non-hydrogen) atoms. The van der Waals surface area contributed by atoms with E-state index in [1.54, 1.807) is 0 Å². The Morgan fingerprint density at radius 3 is 2.68 bits per heavy atom. The molecule has 2 heterocycles. The lowest BCUT2D eigenvalue weighted by molar-refractivity contribution is -0.138. The van der Waals surface area contributed by atoms with Gasteiger partial charge in [-0.3, -0.25) is 4.79 Å². The molecule has 2 aliphatic heterocycles. The molecule has 1 aromatic carbocycles. The van der Waals surface area contributed by atoms with Gasteiger partial charge in [-0.15, -0.1) is 0 Å². The van der Waals surface area contributed by atoms with Gasteiger partial charge < -0.3 is 15.0 Å². The molecule has 1 atom stereocenters. The molecule has 0 bridgehead atoms. The third-order valence-corrected chi connectivity index (χ3v) is 4.68. The molecule has 0 spiro atoms. The third-order valence-electron chi connectivity index (χ3n) is 4.68. The van der Waals surface area contributed by atoms with Crippen molar-refractivity contribution in [3.8, 4) is 0 Å². The molecule has 4 nitrogen and oxygen atoms in total. The lowest BCUT2D eigenvalue weighted by atomic mass is 10.0. The second-order valence-electron chi connectivity index (χ2n) is 6.51. The number of ether oxygens (including phenoxy) is 1. The minimum absolute atomic E-state index is 0.166. The Morgan fingerprint density at radius 1 is 1.32 bits per heavy atom. The number of rotatable bonds is 6. The summed E-state index contributed by atoms with van der Waals surface area (Å²) in [5, 5.41) is 3.19. The Labute approximate surface area is 132 Å². The van der Waals surface area contributed by atoms with Crippen LogP contribution in [0.15, 0.2) is 24.3 Å². The van der Waals surface area contributed by atoms with Crippen molar-refractivity contribution < 1.29 is 9.53 Å². The van der Waals surface area contributed by atoms with Crippen LogP contribution in [0.25, 0.3) is 0 Å². The van der Waals surface area contributed by atoms with E-state index in [4.69, 9.17) is 4.74 Å². The molecule has 1 amide bonds. The molecule has 4 heteroatoms. The second kappa shape index (κ2) is 7.25. The molecule has 0 radical (unpaired) electrons. The van der Waals surface area contributed by atoms with Crippen LogP contribution in [-0.2, 0) is 16.0 Å². The summed E-state index contributed by atoms with van der Waals surface area (Å²) < 4.78 is 5.72. The van der Waals surface area contributed by atoms with Gasteiger partial charge in [-0.2, -0.15) is 0 Å². The number of carbonyl (C=O) groups excluding carboxylic acids is 1. The first kappa shape index (κ1) is 15.5. The summed E-state index contributed by atoms with van der Waals surface area (Å²) in [6.07, 6.45) is 3.35. The van der Waals surface area contributed by atoms with Crippen molar-refractivity contribution in [1.82, 2.24) is 10.2 Å². The SMILES string of the molecule is Cc1ccc(CCN(CC2CCCO2)C(=O)C2CNC2)cc1. The maximum atomic E-state index is 12.6. The van der Waals surface area contributed by atoms with Crippen molar-refractivity contribution in [1.29, 1.82) is 0 Å². The molecule has 1 aromatic rings. The quantitative estimate of drug-likeness (QED) is 0.871. The summed E-state index contributed by atoms with van der Waals surface area (Å²) in [6, 6.07) is 8.60. The molecule has 120 valence electrons. The molecule has 2 aliphatic rings. The molecule has 1 N–H and O–H groups in total. The zero-order chi connectivity index (χ0) is 15.4. The van der Waals surface area contributed by atoms with Crippen molar-refractivity contribution >= 4 is 5.91 Å². The van der Waals surface area contributed by atoms with Gasteiger partial charge in [0.15, 0.2) is 0 Å². The first-order valence-corrected chi connectivity index (χ1v) is 8.39. The van der Waals surface area contributed by atoms with Crippen LogP contribution in [0.4, 0.5) is 0 Å². The van der Waals surface area contributed by atoms with Crippen LogP contribution in [0.3, 0.4) is 0 Å². The lowest BCUT2D eigenvalue weighted by Gasteiger charge is -2.33. The van der Waals surface area contributed by atoms with Crippen LogP contribution in [0.5, 0.6) is 0 Å². The number of aryl methyl sites for hydroxylation is 1. The Bertz CT molecular complexity index is 490. The van der Waals surface area contributed by atoms with E-state index in [2.05, 4.69) is 36.5 Å². The number of amides is 1. The van der Waals surface area contributed by atoms with Crippen LogP contribution in [-0.4, -0.2) is 49.7 Å². The highest BCUT2D eigenvalue weighted by Gasteiger charge is 2.31. The van der Waals surface area contributed by atoms with Crippen LogP contribution in [0, 0.1) is 12.8 Å². The summed E-state index contributed by atoms with van der Waals surface area (Å²) >= 11 is 0. The fourth-order valence-electron chi connectivity index (χ4n) is 3.07. The largest absolute Gasteiger partial charge is 0.376 e. The van der Waals surface area contributed by atoms with Gasteiger partial charge in [-0.05, 0) is 31.7 Å². The number of carbonyl (C=O) groups is 1. The standard InChI is InChI=1S/C18H26N2O2/c1-14-4-6-15(7-5-14)8-9-20(13-17-3-2-10-22-17)18(21)16-11-19-12-16/h4-7,16-17,19H,2-3,8-13H2,1H3. The maximum absolute atomic E-state index is 12.6. The van der Waals surface area contributed by atoms with Crippen molar-refractivity contribution in [3.05, 3.63) is 35.4 Å². The number of hydrogen-bond acceptors (Lipinski definition) is 3. The predicted octanol–water partition coefficient (Wildman–Crippen LogP) is 1.76. The molecule has 0 aromatic heterocycles. The van der Waals surface area contributed by atoms with Crippen LogP contribution in [0.1, 0.15) is 24.0 Å². The summed E-state index contributed by atoms with van der Waals surface area (Å²) in [7, 11) is 0. The Hall–Kier alpha value is -1.39. The molecule has 2 fully saturated rings. The summed E-state index contributed by atoms with van der Waals surface area (Å²) in [5.74, 6) is 0.459. The highest BCUT2D eigenvalue weighted by atomic mass is 16.5. The maximum Gasteiger partial charge on any atom is 0.228 e. The molecule has 2 saturated heterocycles. The van der Waals surface area contributed by atoms with E-state index in [9.17, 15) is 4.79 Å². The minimum atomic E-state index is 0.166. The monoisotopic (exact) mass is 302 g/mol. The van der Waals surface area contributed by atoms with Crippen molar-refractivity contribution in [2.45, 2.75) is 32.3 Å². The molecule has 0 aliphatic carbocycles. The minimum Gasteiger partial charge on any atom is -0.376 e.